The molecule has 2 unspecified atom stereocenters. The van der Waals surface area contributed by atoms with Crippen molar-refractivity contribution in [3.63, 3.8) is 0 Å². The minimum atomic E-state index is 0.350. The van der Waals surface area contributed by atoms with Crippen molar-refractivity contribution in [3.8, 4) is 28.5 Å². The van der Waals surface area contributed by atoms with Crippen molar-refractivity contribution >= 4 is 11.3 Å². The summed E-state index contributed by atoms with van der Waals surface area (Å²) in [6.45, 7) is 1.89. The second-order valence-corrected chi connectivity index (χ2v) is 8.08. The third-order valence-electron chi connectivity index (χ3n) is 6.27. The molecule has 1 saturated heterocycles. The Morgan fingerprint density at radius 3 is 2.53 bits per heavy atom. The first-order chi connectivity index (χ1) is 14.6. The minimum absolute atomic E-state index is 0.350. The Kier molecular flexibility index (Phi) is 3.49. The Morgan fingerprint density at radius 2 is 1.87 bits per heavy atom. The Hall–Kier alpha value is -3.77. The molecule has 2 fully saturated rings. The third-order valence-corrected chi connectivity index (χ3v) is 6.27. The lowest BCUT2D eigenvalue weighted by molar-refractivity contribution is 0.734. The fourth-order valence-corrected chi connectivity index (χ4v) is 4.51. The highest BCUT2D eigenvalue weighted by Gasteiger charge is 2.53. The fourth-order valence-electron chi connectivity index (χ4n) is 4.51. The summed E-state index contributed by atoms with van der Waals surface area (Å²) >= 11 is 0. The molecular weight excluding hydrogens is 378 g/mol. The second-order valence-electron chi connectivity index (χ2n) is 8.08. The summed E-state index contributed by atoms with van der Waals surface area (Å²) in [5.41, 5.74) is 10.7. The van der Waals surface area contributed by atoms with Crippen LogP contribution < -0.4 is 10.6 Å². The van der Waals surface area contributed by atoms with Crippen molar-refractivity contribution in [3.05, 3.63) is 48.8 Å². The zero-order chi connectivity index (χ0) is 20.4. The van der Waals surface area contributed by atoms with Crippen LogP contribution in [0.2, 0.25) is 0 Å². The summed E-state index contributed by atoms with van der Waals surface area (Å²) in [5, 5.41) is 18.2. The third kappa shape index (κ3) is 2.51. The Morgan fingerprint density at radius 1 is 1.03 bits per heavy atom. The number of nitriles is 1. The van der Waals surface area contributed by atoms with E-state index < -0.39 is 0 Å². The number of piperidine rings is 1. The number of pyridine rings is 1. The van der Waals surface area contributed by atoms with E-state index in [-0.39, 0.29) is 0 Å². The Balaban J connectivity index is 1.43. The summed E-state index contributed by atoms with van der Waals surface area (Å²) in [7, 11) is 1.88. The molecule has 9 heteroatoms. The van der Waals surface area contributed by atoms with Crippen LogP contribution in [0.15, 0.2) is 43.2 Å². The van der Waals surface area contributed by atoms with Gasteiger partial charge in [0.25, 0.3) is 0 Å². The number of rotatable bonds is 3. The SMILES string of the molecule is Cn1cc(-c2cc(-c3cnc(N4CC5C(N)C5C4)cn3)c3c(C#N)cnn3c2)cn1. The topological polar surface area (TPSA) is 114 Å². The minimum Gasteiger partial charge on any atom is -0.355 e. The van der Waals surface area contributed by atoms with Crippen LogP contribution >= 0.6 is 0 Å². The maximum Gasteiger partial charge on any atom is 0.147 e. The van der Waals surface area contributed by atoms with Gasteiger partial charge >= 0.3 is 0 Å². The molecule has 2 N–H and O–H groups in total. The monoisotopic (exact) mass is 397 g/mol. The van der Waals surface area contributed by atoms with Crippen LogP contribution in [0.25, 0.3) is 27.9 Å². The van der Waals surface area contributed by atoms with Crippen molar-refractivity contribution in [1.29, 1.82) is 5.26 Å². The van der Waals surface area contributed by atoms with Gasteiger partial charge in [-0.05, 0) is 17.9 Å². The zero-order valence-electron chi connectivity index (χ0n) is 16.3. The molecule has 4 aromatic rings. The van der Waals surface area contributed by atoms with E-state index in [2.05, 4.69) is 26.2 Å². The van der Waals surface area contributed by atoms with Crippen molar-refractivity contribution in [2.24, 2.45) is 24.6 Å². The first kappa shape index (κ1) is 17.1. The number of fused-ring (bicyclic) bond motifs is 2. The number of aryl methyl sites for hydroxylation is 1. The normalized spacial score (nSPS) is 22.3. The van der Waals surface area contributed by atoms with Crippen LogP contribution in [-0.4, -0.2) is 48.5 Å². The standard InChI is InChI=1S/C21H19N9/c1-28-8-14(5-26-28)12-2-15(21-13(3-22)4-27-30(21)9-12)18-6-25-19(7-24-18)29-10-16-17(11-29)20(16)23/h2,4-9,16-17,20H,10-11,23H2,1H3. The van der Waals surface area contributed by atoms with Crippen LogP contribution in [0, 0.1) is 23.2 Å². The molecule has 1 aliphatic heterocycles. The molecule has 6 rings (SSSR count). The van der Waals surface area contributed by atoms with Crippen LogP contribution in [0.5, 0.6) is 0 Å². The highest BCUT2D eigenvalue weighted by atomic mass is 15.3. The molecule has 4 aromatic heterocycles. The smallest absolute Gasteiger partial charge is 0.147 e. The van der Waals surface area contributed by atoms with Gasteiger partial charge in [0.15, 0.2) is 0 Å². The molecule has 2 aliphatic rings. The maximum absolute atomic E-state index is 9.55. The molecule has 1 aliphatic carbocycles. The largest absolute Gasteiger partial charge is 0.355 e. The van der Waals surface area contributed by atoms with E-state index in [4.69, 9.17) is 10.7 Å². The van der Waals surface area contributed by atoms with E-state index in [0.29, 0.717) is 29.1 Å². The van der Waals surface area contributed by atoms with Gasteiger partial charge in [0.1, 0.15) is 11.9 Å². The van der Waals surface area contributed by atoms with Crippen molar-refractivity contribution < 1.29 is 0 Å². The predicted octanol–water partition coefficient (Wildman–Crippen LogP) is 1.46. The van der Waals surface area contributed by atoms with Crippen LogP contribution in [-0.2, 0) is 7.05 Å². The van der Waals surface area contributed by atoms with Gasteiger partial charge in [0, 0.05) is 55.3 Å². The number of aromatic nitrogens is 6. The van der Waals surface area contributed by atoms with Gasteiger partial charge < -0.3 is 10.6 Å². The van der Waals surface area contributed by atoms with Crippen molar-refractivity contribution in [2.75, 3.05) is 18.0 Å². The predicted molar refractivity (Wildman–Crippen MR) is 110 cm³/mol. The molecular formula is C21H19N9. The molecule has 2 atom stereocenters. The van der Waals surface area contributed by atoms with Gasteiger partial charge in [-0.25, -0.2) is 9.50 Å². The van der Waals surface area contributed by atoms with E-state index in [1.54, 1.807) is 34.0 Å². The summed E-state index contributed by atoms with van der Waals surface area (Å²) in [6, 6.07) is 4.59. The van der Waals surface area contributed by atoms with E-state index >= 15 is 0 Å². The van der Waals surface area contributed by atoms with Gasteiger partial charge in [-0.3, -0.25) is 9.67 Å². The van der Waals surface area contributed by atoms with E-state index in [1.165, 1.54) is 0 Å². The fraction of sp³-hybridized carbons (Fsp3) is 0.286. The second kappa shape index (κ2) is 6.11. The Bertz CT molecular complexity index is 1300. The number of anilines is 1. The van der Waals surface area contributed by atoms with Crippen molar-refractivity contribution in [2.45, 2.75) is 6.04 Å². The van der Waals surface area contributed by atoms with Gasteiger partial charge in [-0.15, -0.1) is 0 Å². The van der Waals surface area contributed by atoms with Crippen molar-refractivity contribution in [1.82, 2.24) is 29.4 Å². The quantitative estimate of drug-likeness (QED) is 0.556. The number of hydrogen-bond acceptors (Lipinski definition) is 7. The highest BCUT2D eigenvalue weighted by molar-refractivity contribution is 5.86. The molecule has 0 amide bonds. The average molecular weight is 397 g/mol. The number of nitrogens with two attached hydrogens (primary N) is 1. The summed E-state index contributed by atoms with van der Waals surface area (Å²) < 4.78 is 3.48. The molecule has 9 nitrogen and oxygen atoms in total. The first-order valence-corrected chi connectivity index (χ1v) is 9.86. The lowest BCUT2D eigenvalue weighted by Crippen LogP contribution is -2.28. The molecule has 1 saturated carbocycles. The molecule has 0 aromatic carbocycles. The van der Waals surface area contributed by atoms with Crippen LogP contribution in [0.1, 0.15) is 5.56 Å². The molecule has 148 valence electrons. The van der Waals surface area contributed by atoms with E-state index in [9.17, 15) is 5.26 Å². The molecule has 0 spiro atoms. The average Bonchev–Trinajstić information content (AvgIpc) is 3.26. The van der Waals surface area contributed by atoms with Gasteiger partial charge in [0.2, 0.25) is 0 Å². The Labute approximate surface area is 172 Å². The lowest BCUT2D eigenvalue weighted by atomic mass is 10.0. The van der Waals surface area contributed by atoms with Gasteiger partial charge in [-0.2, -0.15) is 15.5 Å². The highest BCUT2D eigenvalue weighted by Crippen LogP contribution is 2.44. The first-order valence-electron chi connectivity index (χ1n) is 9.86. The molecule has 5 heterocycles. The molecule has 0 bridgehead atoms. The summed E-state index contributed by atoms with van der Waals surface area (Å²) in [6.07, 6.45) is 10.8. The lowest BCUT2D eigenvalue weighted by Gasteiger charge is -2.19. The van der Waals surface area contributed by atoms with Gasteiger partial charge in [-0.1, -0.05) is 0 Å². The zero-order valence-corrected chi connectivity index (χ0v) is 16.3. The maximum atomic E-state index is 9.55. The van der Waals surface area contributed by atoms with Crippen LogP contribution in [0.3, 0.4) is 0 Å². The van der Waals surface area contributed by atoms with Gasteiger partial charge in [0.05, 0.1) is 41.6 Å². The number of hydrogen-bond donors (Lipinski definition) is 1. The number of nitrogens with zero attached hydrogens (tertiary/aromatic N) is 8. The van der Waals surface area contributed by atoms with E-state index in [1.807, 2.05) is 25.5 Å². The summed E-state index contributed by atoms with van der Waals surface area (Å²) in [5.74, 6) is 2.05. The van der Waals surface area contributed by atoms with Crippen LogP contribution in [0.4, 0.5) is 5.82 Å². The molecule has 30 heavy (non-hydrogen) atoms. The summed E-state index contributed by atoms with van der Waals surface area (Å²) in [4.78, 5) is 11.6. The molecule has 0 radical (unpaired) electrons. The van der Waals surface area contributed by atoms with E-state index in [0.717, 1.165) is 41.1 Å².